The number of aliphatic carboxylic acids is 1. The van der Waals surface area contributed by atoms with Crippen LogP contribution in [-0.2, 0) is 4.79 Å². The number of amides is 1. The highest BCUT2D eigenvalue weighted by molar-refractivity contribution is 5.96. The van der Waals surface area contributed by atoms with Gasteiger partial charge in [-0.3, -0.25) is 9.59 Å². The molecule has 5 nitrogen and oxygen atoms in total. The molecule has 0 radical (unpaired) electrons. The summed E-state index contributed by atoms with van der Waals surface area (Å²) in [5.74, 6) is -2.53. The highest BCUT2D eigenvalue weighted by Gasteiger charge is 2.64. The summed E-state index contributed by atoms with van der Waals surface area (Å²) in [4.78, 5) is 26.8. The van der Waals surface area contributed by atoms with Crippen LogP contribution < -0.4 is 0 Å². The van der Waals surface area contributed by atoms with Crippen molar-refractivity contribution >= 4 is 11.9 Å². The second kappa shape index (κ2) is 4.53. The van der Waals surface area contributed by atoms with Gasteiger partial charge in [-0.25, -0.2) is 0 Å². The van der Waals surface area contributed by atoms with E-state index >= 15 is 0 Å². The SMILES string of the molecule is Cc1c[nH]cc1C(=O)N1CCC(C(=O)O)(C(F)(F)F)C1. The molecule has 2 N–H and O–H groups in total. The van der Waals surface area contributed by atoms with Crippen molar-refractivity contribution in [1.29, 1.82) is 0 Å². The fourth-order valence-electron chi connectivity index (χ4n) is 2.35. The lowest BCUT2D eigenvalue weighted by Crippen LogP contribution is -2.47. The van der Waals surface area contributed by atoms with Crippen molar-refractivity contribution in [3.05, 3.63) is 23.5 Å². The summed E-state index contributed by atoms with van der Waals surface area (Å²) in [6.07, 6.45) is -2.56. The Labute approximate surface area is 112 Å². The smallest absolute Gasteiger partial charge is 0.406 e. The molecule has 1 aromatic heterocycles. The maximum absolute atomic E-state index is 13.0. The van der Waals surface area contributed by atoms with Gasteiger partial charge < -0.3 is 15.0 Å². The molecular weight excluding hydrogens is 277 g/mol. The van der Waals surface area contributed by atoms with E-state index in [2.05, 4.69) is 4.98 Å². The van der Waals surface area contributed by atoms with Gasteiger partial charge in [-0.05, 0) is 18.9 Å². The third-order valence-corrected chi connectivity index (χ3v) is 3.69. The van der Waals surface area contributed by atoms with Crippen molar-refractivity contribution in [2.24, 2.45) is 5.41 Å². The molecule has 2 rings (SSSR count). The minimum absolute atomic E-state index is 0.227. The van der Waals surface area contributed by atoms with E-state index in [0.29, 0.717) is 5.56 Å². The standard InChI is InChI=1S/C12H13F3N2O3/c1-7-4-16-5-8(7)9(18)17-3-2-11(6-17,10(19)20)12(13,14)15/h4-5,16H,2-3,6H2,1H3,(H,19,20). The number of alkyl halides is 3. The predicted molar refractivity (Wildman–Crippen MR) is 62.2 cm³/mol. The lowest BCUT2D eigenvalue weighted by atomic mass is 9.86. The van der Waals surface area contributed by atoms with Crippen molar-refractivity contribution in [1.82, 2.24) is 9.88 Å². The van der Waals surface area contributed by atoms with Gasteiger partial charge in [0.15, 0.2) is 5.41 Å². The number of hydrogen-bond donors (Lipinski definition) is 2. The fraction of sp³-hybridized carbons (Fsp3) is 0.500. The van der Waals surface area contributed by atoms with Gasteiger partial charge in [-0.2, -0.15) is 13.2 Å². The Balaban J connectivity index is 2.26. The van der Waals surface area contributed by atoms with Crippen LogP contribution in [0.2, 0.25) is 0 Å². The van der Waals surface area contributed by atoms with Crippen LogP contribution in [0.3, 0.4) is 0 Å². The molecule has 20 heavy (non-hydrogen) atoms. The first-order valence-electron chi connectivity index (χ1n) is 5.92. The Kier molecular flexibility index (Phi) is 3.27. The van der Waals surface area contributed by atoms with Crippen molar-refractivity contribution in [2.75, 3.05) is 13.1 Å². The zero-order chi connectivity index (χ0) is 15.1. The van der Waals surface area contributed by atoms with E-state index in [0.717, 1.165) is 4.90 Å². The number of carbonyl (C=O) groups excluding carboxylic acids is 1. The van der Waals surface area contributed by atoms with E-state index in [9.17, 15) is 22.8 Å². The molecule has 1 amide bonds. The molecule has 1 aliphatic rings. The largest absolute Gasteiger partial charge is 0.481 e. The van der Waals surface area contributed by atoms with Crippen LogP contribution in [0.5, 0.6) is 0 Å². The zero-order valence-corrected chi connectivity index (χ0v) is 10.6. The van der Waals surface area contributed by atoms with Gasteiger partial charge in [0.25, 0.3) is 5.91 Å². The third-order valence-electron chi connectivity index (χ3n) is 3.69. The fourth-order valence-corrected chi connectivity index (χ4v) is 2.35. The minimum Gasteiger partial charge on any atom is -0.481 e. The number of carboxylic acids is 1. The Bertz CT molecular complexity index is 552. The predicted octanol–water partition coefficient (Wildman–Crippen LogP) is 1.80. The molecule has 8 heteroatoms. The topological polar surface area (TPSA) is 73.4 Å². The summed E-state index contributed by atoms with van der Waals surface area (Å²) < 4.78 is 39.0. The zero-order valence-electron chi connectivity index (χ0n) is 10.6. The summed E-state index contributed by atoms with van der Waals surface area (Å²) >= 11 is 0. The quantitative estimate of drug-likeness (QED) is 0.872. The van der Waals surface area contributed by atoms with Crippen molar-refractivity contribution in [2.45, 2.75) is 19.5 Å². The normalized spacial score (nSPS) is 23.1. The lowest BCUT2D eigenvalue weighted by molar-refractivity contribution is -0.227. The Morgan fingerprint density at radius 3 is 2.45 bits per heavy atom. The third kappa shape index (κ3) is 2.04. The van der Waals surface area contributed by atoms with Crippen molar-refractivity contribution < 1.29 is 27.9 Å². The summed E-state index contributed by atoms with van der Waals surface area (Å²) in [7, 11) is 0. The highest BCUT2D eigenvalue weighted by Crippen LogP contribution is 2.46. The average Bonchev–Trinajstić information content (AvgIpc) is 2.93. The first-order chi connectivity index (χ1) is 9.19. The van der Waals surface area contributed by atoms with Crippen LogP contribution in [0.4, 0.5) is 13.2 Å². The van der Waals surface area contributed by atoms with E-state index in [1.165, 1.54) is 6.20 Å². The molecule has 110 valence electrons. The second-order valence-corrected chi connectivity index (χ2v) is 4.91. The molecule has 0 spiro atoms. The van der Waals surface area contributed by atoms with Crippen LogP contribution >= 0.6 is 0 Å². The summed E-state index contributed by atoms with van der Waals surface area (Å²) in [6, 6.07) is 0. The maximum Gasteiger partial charge on any atom is 0.406 e. The number of H-pyrrole nitrogens is 1. The molecule has 1 atom stereocenters. The van der Waals surface area contributed by atoms with Gasteiger partial charge in [0.1, 0.15) is 0 Å². The van der Waals surface area contributed by atoms with Crippen LogP contribution in [0.1, 0.15) is 22.3 Å². The number of likely N-dealkylation sites (tertiary alicyclic amines) is 1. The minimum atomic E-state index is -4.89. The van der Waals surface area contributed by atoms with Crippen LogP contribution in [-0.4, -0.2) is 46.1 Å². The molecule has 1 aliphatic heterocycles. The molecular formula is C12H13F3N2O3. The van der Waals surface area contributed by atoms with Gasteiger partial charge in [-0.1, -0.05) is 0 Å². The van der Waals surface area contributed by atoms with E-state index in [1.54, 1.807) is 13.1 Å². The number of nitrogens with one attached hydrogen (secondary N) is 1. The molecule has 1 unspecified atom stereocenters. The number of nitrogens with zero attached hydrogens (tertiary/aromatic N) is 1. The highest BCUT2D eigenvalue weighted by atomic mass is 19.4. The number of aryl methyl sites for hydroxylation is 1. The van der Waals surface area contributed by atoms with Crippen LogP contribution in [0, 0.1) is 12.3 Å². The molecule has 1 fully saturated rings. The number of hydrogen-bond acceptors (Lipinski definition) is 2. The second-order valence-electron chi connectivity index (χ2n) is 4.91. The monoisotopic (exact) mass is 290 g/mol. The molecule has 0 aliphatic carbocycles. The number of halogens is 3. The number of carboxylic acid groups (broad SMARTS) is 1. The first kappa shape index (κ1) is 14.4. The Hall–Kier alpha value is -1.99. The number of carbonyl (C=O) groups is 2. The Morgan fingerprint density at radius 2 is 2.05 bits per heavy atom. The van der Waals surface area contributed by atoms with Crippen LogP contribution in [0.25, 0.3) is 0 Å². The number of aromatic amines is 1. The molecule has 0 bridgehead atoms. The van der Waals surface area contributed by atoms with Gasteiger partial charge in [0.05, 0.1) is 5.56 Å². The number of aromatic nitrogens is 1. The van der Waals surface area contributed by atoms with E-state index < -0.39 is 36.4 Å². The number of rotatable bonds is 2. The van der Waals surface area contributed by atoms with Gasteiger partial charge >= 0.3 is 12.1 Å². The van der Waals surface area contributed by atoms with Crippen molar-refractivity contribution in [3.8, 4) is 0 Å². The maximum atomic E-state index is 13.0. The van der Waals surface area contributed by atoms with Gasteiger partial charge in [-0.15, -0.1) is 0 Å². The van der Waals surface area contributed by atoms with E-state index in [4.69, 9.17) is 5.11 Å². The summed E-state index contributed by atoms with van der Waals surface area (Å²) in [5, 5.41) is 8.92. The Morgan fingerprint density at radius 1 is 1.40 bits per heavy atom. The lowest BCUT2D eigenvalue weighted by Gasteiger charge is -2.27. The van der Waals surface area contributed by atoms with Gasteiger partial charge in [0, 0.05) is 25.5 Å². The molecule has 0 saturated carbocycles. The van der Waals surface area contributed by atoms with Gasteiger partial charge in [0.2, 0.25) is 0 Å². The molecule has 0 aromatic carbocycles. The molecule has 1 aromatic rings. The van der Waals surface area contributed by atoms with Crippen molar-refractivity contribution in [3.63, 3.8) is 0 Å². The molecule has 2 heterocycles. The summed E-state index contributed by atoms with van der Waals surface area (Å²) in [5.41, 5.74) is -2.00. The van der Waals surface area contributed by atoms with E-state index in [-0.39, 0.29) is 12.1 Å². The van der Waals surface area contributed by atoms with E-state index in [1.807, 2.05) is 0 Å². The molecule has 1 saturated heterocycles. The average molecular weight is 290 g/mol. The first-order valence-corrected chi connectivity index (χ1v) is 5.92. The summed E-state index contributed by atoms with van der Waals surface area (Å²) in [6.45, 7) is 0.568. The van der Waals surface area contributed by atoms with Crippen LogP contribution in [0.15, 0.2) is 12.4 Å².